The third-order valence-electron chi connectivity index (χ3n) is 6.01. The molecule has 0 spiro atoms. The number of aromatic nitrogens is 1. The van der Waals surface area contributed by atoms with Gasteiger partial charge in [-0.05, 0) is 78.1 Å². The molecule has 40 heavy (non-hydrogen) atoms. The van der Waals surface area contributed by atoms with Gasteiger partial charge in [-0.15, -0.1) is 0 Å². The van der Waals surface area contributed by atoms with Gasteiger partial charge in [0.25, 0.3) is 0 Å². The van der Waals surface area contributed by atoms with Crippen LogP contribution in [-0.2, 0) is 32.0 Å². The molecule has 0 saturated carbocycles. The number of hydrogen-bond acceptors (Lipinski definition) is 7. The van der Waals surface area contributed by atoms with Crippen molar-refractivity contribution in [2.24, 2.45) is 5.92 Å². The van der Waals surface area contributed by atoms with Crippen LogP contribution in [0.4, 0.5) is 15.4 Å². The van der Waals surface area contributed by atoms with Crippen LogP contribution in [-0.4, -0.2) is 70.1 Å². The molecule has 0 unspecified atom stereocenters. The summed E-state index contributed by atoms with van der Waals surface area (Å²) in [5.41, 5.74) is 1.15. The molecule has 10 heteroatoms. The molecule has 3 rings (SSSR count). The van der Waals surface area contributed by atoms with E-state index in [-0.39, 0.29) is 19.0 Å². The van der Waals surface area contributed by atoms with Crippen molar-refractivity contribution in [3.63, 3.8) is 0 Å². The molecule has 1 aromatic carbocycles. The highest BCUT2D eigenvalue weighted by atomic mass is 16.6. The molecule has 1 fully saturated rings. The van der Waals surface area contributed by atoms with Crippen LogP contribution in [0.15, 0.2) is 42.5 Å². The van der Waals surface area contributed by atoms with E-state index in [1.165, 1.54) is 4.90 Å². The number of hydrogen-bond donors (Lipinski definition) is 1. The average Bonchev–Trinajstić information content (AvgIpc) is 3.22. The molecule has 1 aliphatic rings. The second kappa shape index (κ2) is 12.7. The molecule has 0 aliphatic carbocycles. The molecular weight excluding hydrogens is 514 g/mol. The van der Waals surface area contributed by atoms with Gasteiger partial charge in [0, 0.05) is 18.2 Å². The van der Waals surface area contributed by atoms with E-state index >= 15 is 0 Å². The van der Waals surface area contributed by atoms with Crippen molar-refractivity contribution in [3.8, 4) is 0 Å². The van der Waals surface area contributed by atoms with Crippen LogP contribution in [0.2, 0.25) is 0 Å². The first-order valence-corrected chi connectivity index (χ1v) is 13.4. The molecule has 2 heterocycles. The summed E-state index contributed by atoms with van der Waals surface area (Å²) in [6, 6.07) is 13.3. The number of pyridine rings is 1. The average molecular weight is 556 g/mol. The molecule has 1 saturated heterocycles. The minimum atomic E-state index is -1.08. The standard InChI is InChI=1S/C30H41N3O7/c1-20-13-23(15-22-17-32(27(36)39-29(2,3)4)18-24(22)38-19-26(34)35)31-25(14-20)33(28(37)40-30(5,6)7)16-21-11-9-8-10-12-21/h8-14,22,24H,15-19H2,1-7H3,(H,34,35)/t22-,24+/m0/s1. The van der Waals surface area contributed by atoms with E-state index in [2.05, 4.69) is 0 Å². The van der Waals surface area contributed by atoms with Gasteiger partial charge >= 0.3 is 18.2 Å². The van der Waals surface area contributed by atoms with Crippen molar-refractivity contribution >= 4 is 24.0 Å². The molecule has 2 amide bonds. The summed E-state index contributed by atoms with van der Waals surface area (Å²) < 4.78 is 16.9. The first kappa shape index (κ1) is 30.9. The maximum absolute atomic E-state index is 13.3. The van der Waals surface area contributed by atoms with E-state index in [0.29, 0.717) is 24.5 Å². The van der Waals surface area contributed by atoms with Gasteiger partial charge in [-0.2, -0.15) is 0 Å². The maximum Gasteiger partial charge on any atom is 0.416 e. The van der Waals surface area contributed by atoms with Gasteiger partial charge in [0.2, 0.25) is 0 Å². The lowest BCUT2D eigenvalue weighted by atomic mass is 9.98. The number of nitrogens with zero attached hydrogens (tertiary/aromatic N) is 3. The predicted octanol–water partition coefficient (Wildman–Crippen LogP) is 5.21. The van der Waals surface area contributed by atoms with E-state index in [4.69, 9.17) is 19.2 Å². The van der Waals surface area contributed by atoms with Crippen molar-refractivity contribution in [2.45, 2.75) is 78.7 Å². The summed E-state index contributed by atoms with van der Waals surface area (Å²) in [5, 5.41) is 9.17. The molecule has 0 bridgehead atoms. The highest BCUT2D eigenvalue weighted by Crippen LogP contribution is 2.28. The van der Waals surface area contributed by atoms with E-state index < -0.39 is 42.1 Å². The fraction of sp³-hybridized carbons (Fsp3) is 0.533. The highest BCUT2D eigenvalue weighted by molar-refractivity contribution is 5.86. The van der Waals surface area contributed by atoms with Gasteiger partial charge < -0.3 is 24.2 Å². The van der Waals surface area contributed by atoms with E-state index in [0.717, 1.165) is 11.1 Å². The topological polar surface area (TPSA) is 119 Å². The number of anilines is 1. The van der Waals surface area contributed by atoms with Crippen molar-refractivity contribution in [2.75, 3.05) is 24.6 Å². The molecule has 2 aromatic rings. The molecule has 0 radical (unpaired) electrons. The molecule has 218 valence electrons. The lowest BCUT2D eigenvalue weighted by molar-refractivity contribution is -0.144. The molecule has 1 aromatic heterocycles. The summed E-state index contributed by atoms with van der Waals surface area (Å²) in [4.78, 5) is 45.1. The quantitative estimate of drug-likeness (QED) is 0.472. The third-order valence-corrected chi connectivity index (χ3v) is 6.01. The predicted molar refractivity (Wildman–Crippen MR) is 150 cm³/mol. The number of aliphatic carboxylic acids is 1. The van der Waals surface area contributed by atoms with Gasteiger partial charge in [-0.25, -0.2) is 19.4 Å². The maximum atomic E-state index is 13.3. The third kappa shape index (κ3) is 9.51. The minimum absolute atomic E-state index is 0.212. The Morgan fingerprint density at radius 1 is 1.00 bits per heavy atom. The normalized spacial score (nSPS) is 17.4. The fourth-order valence-corrected chi connectivity index (χ4v) is 4.43. The Hall–Kier alpha value is -3.66. The number of benzene rings is 1. The van der Waals surface area contributed by atoms with Crippen molar-refractivity contribution < 1.29 is 33.7 Å². The van der Waals surface area contributed by atoms with E-state index in [1.54, 1.807) is 25.7 Å². The summed E-state index contributed by atoms with van der Waals surface area (Å²) >= 11 is 0. The Labute approximate surface area is 236 Å². The SMILES string of the molecule is Cc1cc(C[C@H]2CN(C(=O)OC(C)(C)C)C[C@H]2OCC(=O)O)nc(N(Cc2ccccc2)C(=O)OC(C)(C)C)c1. The molecule has 2 atom stereocenters. The molecule has 1 N–H and O–H groups in total. The first-order chi connectivity index (χ1) is 18.6. The zero-order chi connectivity index (χ0) is 29.7. The van der Waals surface area contributed by atoms with Gasteiger partial charge in [-0.1, -0.05) is 30.3 Å². The number of carboxylic acid groups (broad SMARTS) is 1. The van der Waals surface area contributed by atoms with Crippen molar-refractivity contribution in [1.82, 2.24) is 9.88 Å². The van der Waals surface area contributed by atoms with Crippen LogP contribution in [0.3, 0.4) is 0 Å². The molecular formula is C30H41N3O7. The zero-order valence-corrected chi connectivity index (χ0v) is 24.5. The van der Waals surface area contributed by atoms with Crippen LogP contribution >= 0.6 is 0 Å². The smallest absolute Gasteiger partial charge is 0.416 e. The van der Waals surface area contributed by atoms with Crippen LogP contribution < -0.4 is 4.90 Å². The van der Waals surface area contributed by atoms with Crippen LogP contribution in [0.25, 0.3) is 0 Å². The number of carbonyl (C=O) groups excluding carboxylic acids is 2. The monoisotopic (exact) mass is 555 g/mol. The van der Waals surface area contributed by atoms with Crippen molar-refractivity contribution in [3.05, 3.63) is 59.3 Å². The summed E-state index contributed by atoms with van der Waals surface area (Å²) in [6.45, 7) is 13.1. The number of amides is 2. The zero-order valence-electron chi connectivity index (χ0n) is 24.5. The van der Waals surface area contributed by atoms with Gasteiger partial charge in [-0.3, -0.25) is 4.90 Å². The Morgan fingerprint density at radius 3 is 2.25 bits per heavy atom. The number of ether oxygens (including phenoxy) is 3. The lowest BCUT2D eigenvalue weighted by Gasteiger charge is -2.27. The number of carbonyl (C=O) groups is 3. The van der Waals surface area contributed by atoms with Crippen molar-refractivity contribution in [1.29, 1.82) is 0 Å². The summed E-state index contributed by atoms with van der Waals surface area (Å²) in [7, 11) is 0. The number of aryl methyl sites for hydroxylation is 1. The number of carboxylic acids is 1. The van der Waals surface area contributed by atoms with Gasteiger partial charge in [0.05, 0.1) is 19.2 Å². The highest BCUT2D eigenvalue weighted by Gasteiger charge is 2.38. The number of likely N-dealkylation sites (tertiary alicyclic amines) is 1. The fourth-order valence-electron chi connectivity index (χ4n) is 4.43. The minimum Gasteiger partial charge on any atom is -0.480 e. The summed E-state index contributed by atoms with van der Waals surface area (Å²) in [6.07, 6.45) is -1.09. The van der Waals surface area contributed by atoms with Gasteiger partial charge in [0.1, 0.15) is 23.6 Å². The number of rotatable bonds is 8. The van der Waals surface area contributed by atoms with E-state index in [9.17, 15) is 19.5 Å². The Kier molecular flexibility index (Phi) is 9.78. The Balaban J connectivity index is 1.88. The lowest BCUT2D eigenvalue weighted by Crippen LogP contribution is -2.37. The summed E-state index contributed by atoms with van der Waals surface area (Å²) in [5.74, 6) is -0.865. The largest absolute Gasteiger partial charge is 0.480 e. The molecule has 1 aliphatic heterocycles. The van der Waals surface area contributed by atoms with Crippen LogP contribution in [0, 0.1) is 12.8 Å². The Bertz CT molecular complexity index is 1190. The van der Waals surface area contributed by atoms with E-state index in [1.807, 2.05) is 70.2 Å². The molecule has 10 nitrogen and oxygen atoms in total. The van der Waals surface area contributed by atoms with Crippen LogP contribution in [0.5, 0.6) is 0 Å². The second-order valence-electron chi connectivity index (χ2n) is 12.1. The van der Waals surface area contributed by atoms with Gasteiger partial charge in [0.15, 0.2) is 0 Å². The Morgan fingerprint density at radius 2 is 1.65 bits per heavy atom. The first-order valence-electron chi connectivity index (χ1n) is 13.4. The second-order valence-corrected chi connectivity index (χ2v) is 12.1. The van der Waals surface area contributed by atoms with Crippen LogP contribution in [0.1, 0.15) is 58.4 Å².